The highest BCUT2D eigenvalue weighted by molar-refractivity contribution is 6.15. The molecule has 0 N–H and O–H groups in total. The zero-order chi connectivity index (χ0) is 41.0. The molecule has 0 amide bonds. The molecule has 12 aromatic rings. The molecule has 0 aliphatic carbocycles. The molecule has 290 valence electrons. The second kappa shape index (κ2) is 14.8. The third-order valence-corrected chi connectivity index (χ3v) is 12.5. The van der Waals surface area contributed by atoms with Crippen molar-refractivity contribution in [1.82, 2.24) is 0 Å². The predicted octanol–water partition coefficient (Wildman–Crippen LogP) is 17.2. The van der Waals surface area contributed by atoms with Gasteiger partial charge in [-0.1, -0.05) is 188 Å². The van der Waals surface area contributed by atoms with E-state index < -0.39 is 0 Å². The van der Waals surface area contributed by atoms with Gasteiger partial charge in [-0.2, -0.15) is 0 Å². The van der Waals surface area contributed by atoms with Gasteiger partial charge in [0.25, 0.3) is 0 Å². The highest BCUT2D eigenvalue weighted by atomic mass is 16.3. The first-order valence-electron chi connectivity index (χ1n) is 21.2. The number of benzene rings is 11. The van der Waals surface area contributed by atoms with Crippen molar-refractivity contribution in [3.8, 4) is 44.5 Å². The van der Waals surface area contributed by atoms with Crippen molar-refractivity contribution < 1.29 is 4.42 Å². The lowest BCUT2D eigenvalue weighted by Gasteiger charge is -2.28. The van der Waals surface area contributed by atoms with Gasteiger partial charge in [-0.25, -0.2) is 0 Å². The molecule has 0 saturated carbocycles. The third kappa shape index (κ3) is 6.12. The molecule has 0 bridgehead atoms. The summed E-state index contributed by atoms with van der Waals surface area (Å²) in [6.07, 6.45) is 0. The van der Waals surface area contributed by atoms with Gasteiger partial charge in [0.15, 0.2) is 0 Å². The molecule has 1 aromatic heterocycles. The van der Waals surface area contributed by atoms with Crippen LogP contribution in [-0.2, 0) is 0 Å². The number of fused-ring (bicyclic) bond motifs is 7. The molecule has 0 radical (unpaired) electrons. The van der Waals surface area contributed by atoms with Gasteiger partial charge in [0.1, 0.15) is 11.2 Å². The van der Waals surface area contributed by atoms with Crippen LogP contribution in [0.4, 0.5) is 17.1 Å². The molecule has 0 saturated heterocycles. The Kier molecular flexibility index (Phi) is 8.53. The van der Waals surface area contributed by atoms with Gasteiger partial charge in [-0.3, -0.25) is 0 Å². The molecule has 0 unspecified atom stereocenters. The van der Waals surface area contributed by atoms with Crippen molar-refractivity contribution >= 4 is 71.3 Å². The number of hydrogen-bond acceptors (Lipinski definition) is 2. The fourth-order valence-electron chi connectivity index (χ4n) is 9.40. The summed E-state index contributed by atoms with van der Waals surface area (Å²) in [6.45, 7) is 0. The number of hydrogen-bond donors (Lipinski definition) is 0. The number of para-hydroxylation sites is 2. The summed E-state index contributed by atoms with van der Waals surface area (Å²) in [5.74, 6) is 0. The summed E-state index contributed by atoms with van der Waals surface area (Å²) in [5, 5.41) is 9.66. The van der Waals surface area contributed by atoms with Crippen molar-refractivity contribution in [2.45, 2.75) is 0 Å². The van der Waals surface area contributed by atoms with E-state index in [1.807, 2.05) is 12.1 Å². The van der Waals surface area contributed by atoms with Crippen LogP contribution in [0.3, 0.4) is 0 Å². The second-order valence-corrected chi connectivity index (χ2v) is 16.1. The lowest BCUT2D eigenvalue weighted by molar-refractivity contribution is 0.670. The van der Waals surface area contributed by atoms with Crippen molar-refractivity contribution in [1.29, 1.82) is 0 Å². The minimum Gasteiger partial charge on any atom is -0.455 e. The van der Waals surface area contributed by atoms with Crippen molar-refractivity contribution in [3.63, 3.8) is 0 Å². The summed E-state index contributed by atoms with van der Waals surface area (Å²) in [5.41, 5.74) is 14.5. The van der Waals surface area contributed by atoms with Gasteiger partial charge < -0.3 is 9.32 Å². The second-order valence-electron chi connectivity index (χ2n) is 16.1. The molecule has 11 aromatic carbocycles. The predicted molar refractivity (Wildman–Crippen MR) is 263 cm³/mol. The minimum absolute atomic E-state index is 0.913. The van der Waals surface area contributed by atoms with Crippen molar-refractivity contribution in [3.05, 3.63) is 237 Å². The van der Waals surface area contributed by atoms with Crippen LogP contribution in [0.5, 0.6) is 0 Å². The fraction of sp³-hybridized carbons (Fsp3) is 0. The van der Waals surface area contributed by atoms with Crippen molar-refractivity contribution in [2.24, 2.45) is 0 Å². The maximum atomic E-state index is 6.37. The van der Waals surface area contributed by atoms with Gasteiger partial charge in [0.05, 0.1) is 5.69 Å². The van der Waals surface area contributed by atoms with Gasteiger partial charge in [0, 0.05) is 33.1 Å². The van der Waals surface area contributed by atoms with E-state index in [1.54, 1.807) is 0 Å². The highest BCUT2D eigenvalue weighted by Gasteiger charge is 2.19. The van der Waals surface area contributed by atoms with Gasteiger partial charge in [-0.15, -0.1) is 0 Å². The summed E-state index contributed by atoms with van der Waals surface area (Å²) in [6, 6.07) is 85.5. The van der Waals surface area contributed by atoms with E-state index in [1.165, 1.54) is 54.6 Å². The quantitative estimate of drug-likeness (QED) is 0.150. The third-order valence-electron chi connectivity index (χ3n) is 12.5. The Morgan fingerprint density at radius 3 is 1.50 bits per heavy atom. The molecule has 12 rings (SSSR count). The van der Waals surface area contributed by atoms with E-state index >= 15 is 0 Å². The average molecular weight is 790 g/mol. The monoisotopic (exact) mass is 789 g/mol. The minimum atomic E-state index is 0.913. The molecule has 0 aliphatic rings. The van der Waals surface area contributed by atoms with Crippen LogP contribution < -0.4 is 4.90 Å². The van der Waals surface area contributed by atoms with E-state index in [4.69, 9.17) is 4.42 Å². The molecule has 2 heteroatoms. The maximum Gasteiger partial charge on any atom is 0.143 e. The van der Waals surface area contributed by atoms with Crippen LogP contribution in [-0.4, -0.2) is 0 Å². The Labute approximate surface area is 360 Å². The molecular weight excluding hydrogens is 751 g/mol. The smallest absolute Gasteiger partial charge is 0.143 e. The standard InChI is InChI=1S/C60H39NO/c1-2-13-40(14-3-1)47-37-45-15-4-7-18-51(45)57(38-47)44-31-35-49(36-32-44)61(58-39-46-16-5-6-17-50(46)53-19-8-9-20-54(53)58)48-33-29-42(30-34-48)41-25-27-43(28-26-41)52-22-12-23-56-55-21-10-11-24-59(55)62-60(52)56/h1-39H. The van der Waals surface area contributed by atoms with E-state index in [0.29, 0.717) is 0 Å². The molecule has 0 aliphatic heterocycles. The molecule has 0 atom stereocenters. The van der Waals surface area contributed by atoms with Crippen LogP contribution in [0.1, 0.15) is 0 Å². The Bertz CT molecular complexity index is 3600. The molecular formula is C60H39NO. The maximum absolute atomic E-state index is 6.37. The SMILES string of the molecule is c1ccc(-c2cc(-c3ccc(N(c4ccc(-c5ccc(-c6cccc7c6oc6ccccc67)cc5)cc4)c4cc5ccccc5c5ccccc45)cc3)c3ccccc3c2)cc1. The topological polar surface area (TPSA) is 16.4 Å². The zero-order valence-electron chi connectivity index (χ0n) is 33.9. The van der Waals surface area contributed by atoms with Gasteiger partial charge >= 0.3 is 0 Å². The summed E-state index contributed by atoms with van der Waals surface area (Å²) in [4.78, 5) is 2.41. The Balaban J connectivity index is 0.949. The summed E-state index contributed by atoms with van der Waals surface area (Å²) in [7, 11) is 0. The van der Waals surface area contributed by atoms with E-state index in [0.717, 1.165) is 61.3 Å². The number of anilines is 3. The number of rotatable bonds is 7. The summed E-state index contributed by atoms with van der Waals surface area (Å²) < 4.78 is 6.37. The zero-order valence-corrected chi connectivity index (χ0v) is 33.9. The van der Waals surface area contributed by atoms with Crippen LogP contribution in [0, 0.1) is 0 Å². The Hall–Kier alpha value is -8.20. The van der Waals surface area contributed by atoms with E-state index in [-0.39, 0.29) is 0 Å². The molecule has 0 spiro atoms. The van der Waals surface area contributed by atoms with E-state index in [9.17, 15) is 0 Å². The first kappa shape index (κ1) is 35.7. The first-order valence-corrected chi connectivity index (χ1v) is 21.2. The average Bonchev–Trinajstić information content (AvgIpc) is 3.74. The Morgan fingerprint density at radius 1 is 0.274 bits per heavy atom. The normalized spacial score (nSPS) is 11.5. The number of furan rings is 1. The highest BCUT2D eigenvalue weighted by Crippen LogP contribution is 2.44. The van der Waals surface area contributed by atoms with Crippen LogP contribution in [0.15, 0.2) is 241 Å². The van der Waals surface area contributed by atoms with Crippen LogP contribution in [0.2, 0.25) is 0 Å². The molecule has 2 nitrogen and oxygen atoms in total. The Morgan fingerprint density at radius 2 is 0.774 bits per heavy atom. The van der Waals surface area contributed by atoms with Crippen molar-refractivity contribution in [2.75, 3.05) is 4.90 Å². The molecule has 62 heavy (non-hydrogen) atoms. The van der Waals surface area contributed by atoms with Crippen LogP contribution >= 0.6 is 0 Å². The summed E-state index contributed by atoms with van der Waals surface area (Å²) >= 11 is 0. The van der Waals surface area contributed by atoms with Gasteiger partial charge in [-0.05, 0) is 114 Å². The fourth-order valence-corrected chi connectivity index (χ4v) is 9.40. The molecule has 1 heterocycles. The lowest BCUT2D eigenvalue weighted by atomic mass is 9.93. The largest absolute Gasteiger partial charge is 0.455 e. The molecule has 0 fully saturated rings. The number of nitrogens with zero attached hydrogens (tertiary/aromatic N) is 1. The first-order chi connectivity index (χ1) is 30.7. The lowest BCUT2D eigenvalue weighted by Crippen LogP contribution is -2.10. The van der Waals surface area contributed by atoms with Crippen LogP contribution in [0.25, 0.3) is 98.8 Å². The van der Waals surface area contributed by atoms with E-state index in [2.05, 4.69) is 229 Å². The van der Waals surface area contributed by atoms with Gasteiger partial charge in [0.2, 0.25) is 0 Å².